The van der Waals surface area contributed by atoms with E-state index in [1.165, 1.54) is 6.07 Å². The molecule has 1 aromatic rings. The molecule has 1 rings (SSSR count). The summed E-state index contributed by atoms with van der Waals surface area (Å²) in [5.74, 6) is -0.208. The van der Waals surface area contributed by atoms with Crippen molar-refractivity contribution in [3.8, 4) is 0 Å². The quantitative estimate of drug-likeness (QED) is 0.731. The van der Waals surface area contributed by atoms with E-state index < -0.39 is 0 Å². The lowest BCUT2D eigenvalue weighted by Gasteiger charge is -2.32. The minimum atomic E-state index is -0.208. The average molecular weight is 282 g/mol. The number of likely N-dealkylation sites (N-methyl/N-ethyl adjacent to an activating group) is 1. The smallest absolute Gasteiger partial charge is 0.125 e. The second-order valence-corrected chi connectivity index (χ2v) is 5.33. The maximum Gasteiger partial charge on any atom is 0.125 e. The van der Waals surface area contributed by atoms with Crippen LogP contribution >= 0.6 is 0 Å². The van der Waals surface area contributed by atoms with E-state index in [1.54, 1.807) is 12.1 Å². The van der Waals surface area contributed by atoms with Crippen LogP contribution in [0.25, 0.3) is 0 Å². The number of nitrogens with one attached hydrogen (secondary N) is 1. The standard InChI is InChI=1S/C16H27FN2O/c1-4-16(13-20,18-5-2)10-7-11-19(3)15-9-6-8-14(17)12-15/h6,8-9,12,18,20H,4-5,7,10-11,13H2,1-3H3. The second kappa shape index (κ2) is 8.22. The average Bonchev–Trinajstić information content (AvgIpc) is 2.46. The highest BCUT2D eigenvalue weighted by Crippen LogP contribution is 2.19. The Labute approximate surface area is 121 Å². The Hall–Kier alpha value is -1.13. The molecule has 2 N–H and O–H groups in total. The van der Waals surface area contributed by atoms with Crippen LogP contribution in [0.4, 0.5) is 10.1 Å². The van der Waals surface area contributed by atoms with Crippen molar-refractivity contribution in [3.63, 3.8) is 0 Å². The van der Waals surface area contributed by atoms with Gasteiger partial charge in [0.05, 0.1) is 6.61 Å². The highest BCUT2D eigenvalue weighted by Gasteiger charge is 2.25. The van der Waals surface area contributed by atoms with E-state index in [0.717, 1.165) is 38.0 Å². The summed E-state index contributed by atoms with van der Waals surface area (Å²) in [6.07, 6.45) is 2.77. The largest absolute Gasteiger partial charge is 0.394 e. The molecule has 4 heteroatoms. The van der Waals surface area contributed by atoms with Gasteiger partial charge in [-0.25, -0.2) is 4.39 Å². The predicted molar refractivity (Wildman–Crippen MR) is 82.7 cm³/mol. The molecule has 0 aliphatic heterocycles. The van der Waals surface area contributed by atoms with Gasteiger partial charge < -0.3 is 15.3 Å². The fourth-order valence-corrected chi connectivity index (χ4v) is 2.51. The van der Waals surface area contributed by atoms with Crippen molar-refractivity contribution in [2.75, 3.05) is 31.6 Å². The van der Waals surface area contributed by atoms with Gasteiger partial charge in [-0.3, -0.25) is 0 Å². The minimum Gasteiger partial charge on any atom is -0.394 e. The van der Waals surface area contributed by atoms with Gasteiger partial charge in [-0.1, -0.05) is 19.9 Å². The molecule has 0 aliphatic carbocycles. The number of rotatable bonds is 9. The fourth-order valence-electron chi connectivity index (χ4n) is 2.51. The maximum absolute atomic E-state index is 13.2. The lowest BCUT2D eigenvalue weighted by atomic mass is 9.91. The number of halogens is 1. The summed E-state index contributed by atoms with van der Waals surface area (Å²) in [4.78, 5) is 2.05. The Morgan fingerprint density at radius 1 is 1.35 bits per heavy atom. The molecule has 1 aromatic carbocycles. The van der Waals surface area contributed by atoms with Crippen LogP contribution in [0.3, 0.4) is 0 Å². The maximum atomic E-state index is 13.2. The van der Waals surface area contributed by atoms with Crippen molar-refractivity contribution in [3.05, 3.63) is 30.1 Å². The Kier molecular flexibility index (Phi) is 6.96. The molecule has 114 valence electrons. The van der Waals surface area contributed by atoms with Crippen LogP contribution in [0.15, 0.2) is 24.3 Å². The number of aliphatic hydroxyl groups excluding tert-OH is 1. The first-order valence-corrected chi connectivity index (χ1v) is 7.39. The molecule has 0 spiro atoms. The molecule has 0 heterocycles. The van der Waals surface area contributed by atoms with Crippen molar-refractivity contribution in [1.29, 1.82) is 0 Å². The highest BCUT2D eigenvalue weighted by atomic mass is 19.1. The monoisotopic (exact) mass is 282 g/mol. The molecular weight excluding hydrogens is 255 g/mol. The van der Waals surface area contributed by atoms with E-state index in [4.69, 9.17) is 0 Å². The molecule has 0 aliphatic rings. The van der Waals surface area contributed by atoms with Gasteiger partial charge in [0.15, 0.2) is 0 Å². The minimum absolute atomic E-state index is 0.154. The first kappa shape index (κ1) is 16.9. The van der Waals surface area contributed by atoms with Gasteiger partial charge in [0.1, 0.15) is 5.82 Å². The van der Waals surface area contributed by atoms with E-state index in [0.29, 0.717) is 0 Å². The van der Waals surface area contributed by atoms with Crippen LogP contribution in [0, 0.1) is 5.82 Å². The number of aliphatic hydroxyl groups is 1. The summed E-state index contributed by atoms with van der Waals surface area (Å²) in [6, 6.07) is 6.64. The van der Waals surface area contributed by atoms with Crippen LogP contribution in [-0.2, 0) is 0 Å². The third-order valence-electron chi connectivity index (χ3n) is 3.93. The Morgan fingerprint density at radius 2 is 2.10 bits per heavy atom. The summed E-state index contributed by atoms with van der Waals surface area (Å²) in [5.41, 5.74) is 0.705. The third kappa shape index (κ3) is 4.76. The van der Waals surface area contributed by atoms with E-state index in [2.05, 4.69) is 19.2 Å². The summed E-state index contributed by atoms with van der Waals surface area (Å²) in [5, 5.41) is 13.0. The normalized spacial score (nSPS) is 14.1. The lowest BCUT2D eigenvalue weighted by molar-refractivity contribution is 0.147. The molecule has 0 saturated carbocycles. The molecule has 0 bridgehead atoms. The van der Waals surface area contributed by atoms with Crippen molar-refractivity contribution in [2.24, 2.45) is 0 Å². The number of hydrogen-bond acceptors (Lipinski definition) is 3. The molecule has 20 heavy (non-hydrogen) atoms. The van der Waals surface area contributed by atoms with E-state index in [1.807, 2.05) is 18.0 Å². The summed E-state index contributed by atoms with van der Waals surface area (Å²) < 4.78 is 13.2. The SMILES string of the molecule is CCNC(CC)(CO)CCCN(C)c1cccc(F)c1. The predicted octanol–water partition coefficient (Wildman–Crippen LogP) is 2.79. The molecule has 1 unspecified atom stereocenters. The molecule has 1 atom stereocenters. The molecular formula is C16H27FN2O. The second-order valence-electron chi connectivity index (χ2n) is 5.33. The van der Waals surface area contributed by atoms with Gasteiger partial charge in [0, 0.05) is 24.8 Å². The van der Waals surface area contributed by atoms with Crippen molar-refractivity contribution < 1.29 is 9.50 Å². The zero-order valence-corrected chi connectivity index (χ0v) is 12.8. The zero-order valence-electron chi connectivity index (χ0n) is 12.8. The van der Waals surface area contributed by atoms with Crippen molar-refractivity contribution in [1.82, 2.24) is 5.32 Å². The molecule has 0 saturated heterocycles. The van der Waals surface area contributed by atoms with Crippen LogP contribution < -0.4 is 10.2 Å². The van der Waals surface area contributed by atoms with Crippen LogP contribution in [0.2, 0.25) is 0 Å². The Bertz CT molecular complexity index is 394. The molecule has 0 aromatic heterocycles. The molecule has 0 radical (unpaired) electrons. The van der Waals surface area contributed by atoms with Gasteiger partial charge in [-0.15, -0.1) is 0 Å². The summed E-state index contributed by atoms with van der Waals surface area (Å²) in [7, 11) is 1.97. The molecule has 0 fully saturated rings. The van der Waals surface area contributed by atoms with Crippen molar-refractivity contribution in [2.45, 2.75) is 38.6 Å². The Morgan fingerprint density at radius 3 is 2.65 bits per heavy atom. The number of hydrogen-bond donors (Lipinski definition) is 2. The van der Waals surface area contributed by atoms with E-state index >= 15 is 0 Å². The van der Waals surface area contributed by atoms with Gasteiger partial charge >= 0.3 is 0 Å². The Balaban J connectivity index is 2.50. The number of nitrogens with zero attached hydrogens (tertiary/aromatic N) is 1. The van der Waals surface area contributed by atoms with Gasteiger partial charge in [0.2, 0.25) is 0 Å². The lowest BCUT2D eigenvalue weighted by Crippen LogP contribution is -2.48. The van der Waals surface area contributed by atoms with Gasteiger partial charge in [0.25, 0.3) is 0 Å². The van der Waals surface area contributed by atoms with Gasteiger partial charge in [-0.05, 0) is 44.0 Å². The first-order valence-electron chi connectivity index (χ1n) is 7.39. The summed E-state index contributed by atoms with van der Waals surface area (Å²) >= 11 is 0. The zero-order chi connectivity index (χ0) is 15.0. The van der Waals surface area contributed by atoms with Crippen LogP contribution in [-0.4, -0.2) is 37.4 Å². The highest BCUT2D eigenvalue weighted by molar-refractivity contribution is 5.45. The van der Waals surface area contributed by atoms with Crippen LogP contribution in [0.1, 0.15) is 33.1 Å². The number of benzene rings is 1. The van der Waals surface area contributed by atoms with E-state index in [-0.39, 0.29) is 18.0 Å². The first-order chi connectivity index (χ1) is 9.56. The fraction of sp³-hybridized carbons (Fsp3) is 0.625. The van der Waals surface area contributed by atoms with Crippen molar-refractivity contribution >= 4 is 5.69 Å². The molecule has 3 nitrogen and oxygen atoms in total. The number of anilines is 1. The molecule has 0 amide bonds. The topological polar surface area (TPSA) is 35.5 Å². The van der Waals surface area contributed by atoms with Gasteiger partial charge in [-0.2, -0.15) is 0 Å². The summed E-state index contributed by atoms with van der Waals surface area (Å²) in [6.45, 7) is 6.00. The third-order valence-corrected chi connectivity index (χ3v) is 3.93. The van der Waals surface area contributed by atoms with E-state index in [9.17, 15) is 9.50 Å². The van der Waals surface area contributed by atoms with Crippen LogP contribution in [0.5, 0.6) is 0 Å².